The highest BCUT2D eigenvalue weighted by Gasteiger charge is 2.48. The van der Waals surface area contributed by atoms with Gasteiger partial charge < -0.3 is 4.74 Å². The van der Waals surface area contributed by atoms with Gasteiger partial charge in [-0.15, -0.1) is 0 Å². The first-order valence-electron chi connectivity index (χ1n) is 9.01. The molecule has 1 aliphatic carbocycles. The van der Waals surface area contributed by atoms with Crippen LogP contribution in [0.2, 0.25) is 5.02 Å². The van der Waals surface area contributed by atoms with Crippen LogP contribution in [0.25, 0.3) is 0 Å². The van der Waals surface area contributed by atoms with E-state index in [-0.39, 0.29) is 23.7 Å². The van der Waals surface area contributed by atoms with Crippen LogP contribution in [0.15, 0.2) is 54.1 Å². The Morgan fingerprint density at radius 1 is 1.00 bits per heavy atom. The number of hydrogen-bond donors (Lipinski definition) is 0. The van der Waals surface area contributed by atoms with E-state index in [4.69, 9.17) is 16.3 Å². The third-order valence-electron chi connectivity index (χ3n) is 5.25. The second-order valence-electron chi connectivity index (χ2n) is 7.25. The lowest BCUT2D eigenvalue weighted by molar-refractivity contribution is -0.122. The van der Waals surface area contributed by atoms with Crippen molar-refractivity contribution < 1.29 is 14.3 Å². The summed E-state index contributed by atoms with van der Waals surface area (Å²) in [5.74, 6) is 0.361. The second-order valence-corrected chi connectivity index (χ2v) is 7.65. The van der Waals surface area contributed by atoms with E-state index in [1.54, 1.807) is 18.2 Å². The number of anilines is 1. The number of hydrogen-bond acceptors (Lipinski definition) is 3. The summed E-state index contributed by atoms with van der Waals surface area (Å²) < 4.78 is 5.82. The third kappa shape index (κ3) is 3.26. The molecule has 0 saturated carbocycles. The first kappa shape index (κ1) is 17.8. The number of carbonyl (C=O) groups excluding carboxylic acids is 2. The number of amides is 2. The number of nitrogens with zero attached hydrogens (tertiary/aromatic N) is 1. The predicted octanol–water partition coefficient (Wildman–Crippen LogP) is 5.29. The number of fused-ring (bicyclic) bond motifs is 1. The van der Waals surface area contributed by atoms with Gasteiger partial charge in [-0.2, -0.15) is 0 Å². The number of halogens is 1. The Hall–Kier alpha value is -2.59. The van der Waals surface area contributed by atoms with E-state index in [9.17, 15) is 9.59 Å². The van der Waals surface area contributed by atoms with Gasteiger partial charge in [-0.1, -0.05) is 40.9 Å². The molecular weight excluding hydrogens is 362 g/mol. The Morgan fingerprint density at radius 2 is 1.70 bits per heavy atom. The van der Waals surface area contributed by atoms with Crippen LogP contribution >= 0.6 is 11.6 Å². The van der Waals surface area contributed by atoms with Crippen LogP contribution in [0.3, 0.4) is 0 Å². The molecule has 1 saturated heterocycles. The molecule has 2 aromatic rings. The van der Waals surface area contributed by atoms with Crippen LogP contribution in [-0.4, -0.2) is 11.8 Å². The van der Waals surface area contributed by atoms with Gasteiger partial charge in [0.15, 0.2) is 0 Å². The lowest BCUT2D eigenvalue weighted by atomic mass is 9.82. The second kappa shape index (κ2) is 6.86. The lowest BCUT2D eigenvalue weighted by Crippen LogP contribution is -2.30. The molecule has 4 nitrogen and oxygen atoms in total. The monoisotopic (exact) mass is 381 g/mol. The molecule has 1 heterocycles. The Balaban J connectivity index is 1.58. The molecule has 2 aromatic carbocycles. The van der Waals surface area contributed by atoms with Gasteiger partial charge in [-0.25, -0.2) is 4.90 Å². The molecule has 0 aromatic heterocycles. The van der Waals surface area contributed by atoms with Gasteiger partial charge in [0.25, 0.3) is 0 Å². The maximum Gasteiger partial charge on any atom is 0.238 e. The Morgan fingerprint density at radius 3 is 2.41 bits per heavy atom. The molecule has 1 fully saturated rings. The maximum absolute atomic E-state index is 12.8. The fraction of sp³-hybridized carbons (Fsp3) is 0.273. The van der Waals surface area contributed by atoms with E-state index in [0.29, 0.717) is 35.1 Å². The summed E-state index contributed by atoms with van der Waals surface area (Å²) in [6.45, 7) is 4.01. The molecule has 2 aliphatic rings. The van der Waals surface area contributed by atoms with Crippen LogP contribution in [-0.2, 0) is 9.59 Å². The summed E-state index contributed by atoms with van der Waals surface area (Å²) in [5.41, 5.74) is 2.80. The Bertz CT molecular complexity index is 949. The van der Waals surface area contributed by atoms with E-state index in [0.717, 1.165) is 5.56 Å². The van der Waals surface area contributed by atoms with E-state index >= 15 is 0 Å². The third-order valence-corrected chi connectivity index (χ3v) is 5.54. The number of imide groups is 1. The molecule has 1 aliphatic heterocycles. The van der Waals surface area contributed by atoms with Crippen LogP contribution < -0.4 is 9.64 Å². The van der Waals surface area contributed by atoms with E-state index < -0.39 is 0 Å². The van der Waals surface area contributed by atoms with Crippen molar-refractivity contribution in [3.05, 3.63) is 64.7 Å². The zero-order valence-electron chi connectivity index (χ0n) is 15.2. The van der Waals surface area contributed by atoms with Gasteiger partial charge in [-0.05, 0) is 57.0 Å². The quantitative estimate of drug-likeness (QED) is 0.536. The number of benzene rings is 2. The van der Waals surface area contributed by atoms with Crippen molar-refractivity contribution in [3.8, 4) is 11.5 Å². The van der Waals surface area contributed by atoms with E-state index in [1.165, 1.54) is 10.5 Å². The summed E-state index contributed by atoms with van der Waals surface area (Å²) in [6.07, 6.45) is 3.33. The molecule has 27 heavy (non-hydrogen) atoms. The fourth-order valence-electron chi connectivity index (χ4n) is 3.74. The topological polar surface area (TPSA) is 46.6 Å². The molecule has 0 bridgehead atoms. The van der Waals surface area contributed by atoms with Crippen molar-refractivity contribution in [2.75, 3.05) is 4.90 Å². The first-order valence-corrected chi connectivity index (χ1v) is 9.39. The fourth-order valence-corrected chi connectivity index (χ4v) is 3.95. The highest BCUT2D eigenvalue weighted by molar-refractivity contribution is 6.33. The van der Waals surface area contributed by atoms with Crippen molar-refractivity contribution in [2.45, 2.75) is 26.7 Å². The van der Waals surface area contributed by atoms with E-state index in [2.05, 4.69) is 6.08 Å². The normalized spacial score (nSPS) is 21.9. The molecule has 2 atom stereocenters. The van der Waals surface area contributed by atoms with Gasteiger partial charge >= 0.3 is 0 Å². The molecule has 138 valence electrons. The summed E-state index contributed by atoms with van der Waals surface area (Å²) in [4.78, 5) is 26.9. The minimum atomic E-state index is -0.261. The van der Waals surface area contributed by atoms with Crippen LogP contribution in [0.4, 0.5) is 5.69 Å². The summed E-state index contributed by atoms with van der Waals surface area (Å²) >= 11 is 6.38. The molecular formula is C22H20ClNO3. The van der Waals surface area contributed by atoms with Gasteiger partial charge in [0, 0.05) is 0 Å². The highest BCUT2D eigenvalue weighted by Crippen LogP contribution is 2.41. The molecule has 0 radical (unpaired) electrons. The predicted molar refractivity (Wildman–Crippen MR) is 105 cm³/mol. The smallest absolute Gasteiger partial charge is 0.238 e. The van der Waals surface area contributed by atoms with Gasteiger partial charge in [0.2, 0.25) is 11.8 Å². The molecule has 4 rings (SSSR count). The number of rotatable bonds is 3. The van der Waals surface area contributed by atoms with Gasteiger partial charge in [-0.3, -0.25) is 9.59 Å². The van der Waals surface area contributed by atoms with Crippen molar-refractivity contribution in [3.63, 3.8) is 0 Å². The zero-order chi connectivity index (χ0) is 19.1. The number of ether oxygens (including phenoxy) is 1. The molecule has 2 amide bonds. The number of allylic oxidation sites excluding steroid dienone is 2. The minimum Gasteiger partial charge on any atom is -0.456 e. The summed E-state index contributed by atoms with van der Waals surface area (Å²) in [7, 11) is 0. The number of aryl methyl sites for hydroxylation is 1. The van der Waals surface area contributed by atoms with Gasteiger partial charge in [0.05, 0.1) is 22.5 Å². The summed E-state index contributed by atoms with van der Waals surface area (Å²) in [6, 6.07) is 12.7. The largest absolute Gasteiger partial charge is 0.456 e. The van der Waals surface area contributed by atoms with Crippen molar-refractivity contribution in [1.82, 2.24) is 0 Å². The Labute approximate surface area is 163 Å². The maximum atomic E-state index is 12.8. The molecule has 0 spiro atoms. The van der Waals surface area contributed by atoms with E-state index in [1.807, 2.05) is 38.1 Å². The zero-order valence-corrected chi connectivity index (χ0v) is 16.0. The first-order chi connectivity index (χ1) is 12.9. The summed E-state index contributed by atoms with van der Waals surface area (Å²) in [5, 5.41) is 0.359. The van der Waals surface area contributed by atoms with Crippen molar-refractivity contribution in [1.29, 1.82) is 0 Å². The average molecular weight is 382 g/mol. The molecule has 5 heteroatoms. The van der Waals surface area contributed by atoms with Crippen LogP contribution in [0.5, 0.6) is 11.5 Å². The lowest BCUT2D eigenvalue weighted by Gasteiger charge is -2.18. The van der Waals surface area contributed by atoms with Crippen molar-refractivity contribution in [2.24, 2.45) is 11.8 Å². The minimum absolute atomic E-state index is 0.138. The average Bonchev–Trinajstić information content (AvgIpc) is 2.89. The molecule has 0 N–H and O–H groups in total. The standard InChI is InChI=1S/C22H20ClNO3/c1-13-3-7-16(8-4-13)27-20-10-6-15(12-19(20)23)24-21(25)17-9-5-14(2)11-18(17)22(24)26/h3-8,10,12,17-18H,9,11H2,1-2H3/t17-,18-/m1/s1. The Kier molecular flexibility index (Phi) is 4.52. The molecule has 0 unspecified atom stereocenters. The SMILES string of the molecule is CC1=CC[C@H]2C(=O)N(c3ccc(Oc4ccc(C)cc4)c(Cl)c3)C(=O)[C@@H]2C1. The van der Waals surface area contributed by atoms with Crippen LogP contribution in [0, 0.1) is 18.8 Å². The van der Waals surface area contributed by atoms with Crippen LogP contribution in [0.1, 0.15) is 25.3 Å². The highest BCUT2D eigenvalue weighted by atomic mass is 35.5. The van der Waals surface area contributed by atoms with Crippen molar-refractivity contribution >= 4 is 29.1 Å². The number of carbonyl (C=O) groups is 2. The van der Waals surface area contributed by atoms with Gasteiger partial charge in [0.1, 0.15) is 11.5 Å².